The molecule has 6 nitrogen and oxygen atoms in total. The Morgan fingerprint density at radius 1 is 1.28 bits per heavy atom. The van der Waals surface area contributed by atoms with E-state index in [0.29, 0.717) is 18.0 Å². The number of aromatic nitrogens is 2. The van der Waals surface area contributed by atoms with Crippen molar-refractivity contribution in [2.75, 3.05) is 19.8 Å². The molecule has 1 aromatic heterocycles. The molecule has 0 spiro atoms. The number of hydrogen-bond acceptors (Lipinski definition) is 4. The molecule has 2 bridgehead atoms. The second-order valence-electron chi connectivity index (χ2n) is 7.67. The number of ether oxygens (including phenoxy) is 1. The van der Waals surface area contributed by atoms with Crippen LogP contribution in [0.1, 0.15) is 26.7 Å². The first-order valence-electron chi connectivity index (χ1n) is 9.19. The van der Waals surface area contributed by atoms with Crippen molar-refractivity contribution in [3.63, 3.8) is 0 Å². The van der Waals surface area contributed by atoms with E-state index >= 15 is 0 Å². The Morgan fingerprint density at radius 2 is 2.00 bits per heavy atom. The highest BCUT2D eigenvalue weighted by Gasteiger charge is 2.39. The minimum absolute atomic E-state index is 0.137. The number of nitrogens with one attached hydrogen (secondary N) is 1. The molecule has 6 heteroatoms. The number of benzene rings is 1. The van der Waals surface area contributed by atoms with E-state index in [4.69, 9.17) is 4.74 Å². The molecule has 1 amide bonds. The Hall–Kier alpha value is -1.92. The molecule has 1 N–H and O–H groups in total. The van der Waals surface area contributed by atoms with E-state index in [2.05, 4.69) is 29.2 Å². The van der Waals surface area contributed by atoms with E-state index in [9.17, 15) is 4.79 Å². The molecule has 0 radical (unpaired) electrons. The molecule has 2 saturated heterocycles. The van der Waals surface area contributed by atoms with Crippen molar-refractivity contribution in [3.8, 4) is 0 Å². The van der Waals surface area contributed by atoms with Crippen molar-refractivity contribution in [2.24, 2.45) is 5.92 Å². The van der Waals surface area contributed by atoms with Gasteiger partial charge in [0.1, 0.15) is 0 Å². The highest BCUT2D eigenvalue weighted by Crippen LogP contribution is 2.28. The lowest BCUT2D eigenvalue weighted by atomic mass is 9.89. The number of nitrogens with zero attached hydrogens (tertiary/aromatic N) is 3. The maximum absolute atomic E-state index is 12.7. The Balaban J connectivity index is 1.46. The predicted octanol–water partition coefficient (Wildman–Crippen LogP) is 2.48. The fraction of sp³-hybridized carbons (Fsp3) is 0.579. The van der Waals surface area contributed by atoms with E-state index in [1.54, 1.807) is 6.20 Å². The molecule has 1 aromatic carbocycles. The predicted molar refractivity (Wildman–Crippen MR) is 96.6 cm³/mol. The number of carbonyl (C=O) groups excluding carboxylic acids is 1. The van der Waals surface area contributed by atoms with Crippen LogP contribution in [0.15, 0.2) is 30.5 Å². The van der Waals surface area contributed by atoms with Gasteiger partial charge in [-0.1, -0.05) is 32.0 Å². The summed E-state index contributed by atoms with van der Waals surface area (Å²) in [4.78, 5) is 15.3. The van der Waals surface area contributed by atoms with Crippen LogP contribution in [0.25, 0.3) is 10.9 Å². The maximum atomic E-state index is 12.7. The minimum Gasteiger partial charge on any atom is -0.378 e. The summed E-state index contributed by atoms with van der Waals surface area (Å²) in [6, 6.07) is 8.62. The van der Waals surface area contributed by atoms with Crippen LogP contribution in [0.3, 0.4) is 0 Å². The van der Waals surface area contributed by atoms with Crippen LogP contribution in [0, 0.1) is 5.92 Å². The van der Waals surface area contributed by atoms with Gasteiger partial charge in [0.15, 0.2) is 0 Å². The van der Waals surface area contributed by atoms with E-state index < -0.39 is 0 Å². The van der Waals surface area contributed by atoms with Gasteiger partial charge >= 0.3 is 6.03 Å². The number of carbonyl (C=O) groups is 1. The van der Waals surface area contributed by atoms with Gasteiger partial charge in [-0.3, -0.25) is 4.90 Å². The number of amides is 1. The average molecular weight is 342 g/mol. The van der Waals surface area contributed by atoms with Gasteiger partial charge in [-0.25, -0.2) is 4.79 Å². The van der Waals surface area contributed by atoms with Crippen LogP contribution in [-0.2, 0) is 4.74 Å². The van der Waals surface area contributed by atoms with E-state index in [1.807, 2.05) is 24.3 Å². The van der Waals surface area contributed by atoms with Gasteiger partial charge < -0.3 is 10.1 Å². The summed E-state index contributed by atoms with van der Waals surface area (Å²) in [6.07, 6.45) is 3.62. The number of rotatable bonds is 3. The van der Waals surface area contributed by atoms with Gasteiger partial charge in [0.05, 0.1) is 24.9 Å². The number of piperidine rings is 1. The molecule has 3 heterocycles. The lowest BCUT2D eigenvalue weighted by molar-refractivity contribution is -0.0838. The van der Waals surface area contributed by atoms with E-state index in [-0.39, 0.29) is 12.1 Å². The topological polar surface area (TPSA) is 59.4 Å². The van der Waals surface area contributed by atoms with E-state index in [0.717, 1.165) is 43.5 Å². The lowest BCUT2D eigenvalue weighted by Crippen LogP contribution is -2.61. The summed E-state index contributed by atoms with van der Waals surface area (Å²) >= 11 is 0. The van der Waals surface area contributed by atoms with Crippen LogP contribution < -0.4 is 5.32 Å². The average Bonchev–Trinajstić information content (AvgIpc) is 2.99. The minimum atomic E-state index is -0.137. The van der Waals surface area contributed by atoms with Crippen molar-refractivity contribution < 1.29 is 9.53 Å². The molecule has 2 aliphatic heterocycles. The Kier molecular flexibility index (Phi) is 4.48. The van der Waals surface area contributed by atoms with Crippen molar-refractivity contribution >= 4 is 16.9 Å². The lowest BCUT2D eigenvalue weighted by Gasteiger charge is -2.49. The fourth-order valence-corrected chi connectivity index (χ4v) is 4.20. The number of fused-ring (bicyclic) bond motifs is 3. The van der Waals surface area contributed by atoms with Gasteiger partial charge in [-0.15, -0.1) is 0 Å². The smallest absolute Gasteiger partial charge is 0.342 e. The fourth-order valence-electron chi connectivity index (χ4n) is 4.20. The zero-order valence-electron chi connectivity index (χ0n) is 14.9. The van der Waals surface area contributed by atoms with Crippen LogP contribution >= 0.6 is 0 Å². The molecular weight excluding hydrogens is 316 g/mol. The van der Waals surface area contributed by atoms with Gasteiger partial charge in [-0.2, -0.15) is 9.78 Å². The molecule has 2 atom stereocenters. The molecule has 2 aliphatic rings. The van der Waals surface area contributed by atoms with Crippen LogP contribution in [0.4, 0.5) is 4.79 Å². The second kappa shape index (κ2) is 6.77. The molecular formula is C19H26N4O2. The van der Waals surface area contributed by atoms with Crippen LogP contribution in [0.5, 0.6) is 0 Å². The summed E-state index contributed by atoms with van der Waals surface area (Å²) in [5.74, 6) is 0.643. The molecule has 2 aromatic rings. The Bertz CT molecular complexity index is 743. The molecule has 134 valence electrons. The normalized spacial score (nSPS) is 26.9. The van der Waals surface area contributed by atoms with Crippen molar-refractivity contribution in [3.05, 3.63) is 30.5 Å². The molecule has 2 unspecified atom stereocenters. The quantitative estimate of drug-likeness (QED) is 0.931. The SMILES string of the molecule is CC(C)CN1C2COCC1CC(NC(=O)n1ncc3ccccc31)C2. The second-order valence-corrected chi connectivity index (χ2v) is 7.67. The Labute approximate surface area is 148 Å². The third-order valence-electron chi connectivity index (χ3n) is 5.24. The van der Waals surface area contributed by atoms with Gasteiger partial charge in [0.25, 0.3) is 0 Å². The zero-order valence-corrected chi connectivity index (χ0v) is 14.9. The summed E-state index contributed by atoms with van der Waals surface area (Å²) in [7, 11) is 0. The highest BCUT2D eigenvalue weighted by molar-refractivity contribution is 5.89. The molecule has 4 rings (SSSR count). The first-order valence-corrected chi connectivity index (χ1v) is 9.19. The monoisotopic (exact) mass is 342 g/mol. The number of morpholine rings is 1. The summed E-state index contributed by atoms with van der Waals surface area (Å²) < 4.78 is 7.23. The van der Waals surface area contributed by atoms with E-state index in [1.165, 1.54) is 4.68 Å². The molecule has 25 heavy (non-hydrogen) atoms. The number of para-hydroxylation sites is 1. The largest absolute Gasteiger partial charge is 0.378 e. The molecule has 2 fully saturated rings. The Morgan fingerprint density at radius 3 is 2.72 bits per heavy atom. The summed E-state index contributed by atoms with van der Waals surface area (Å²) in [5, 5.41) is 8.43. The summed E-state index contributed by atoms with van der Waals surface area (Å²) in [6.45, 7) is 7.14. The zero-order chi connectivity index (χ0) is 17.4. The van der Waals surface area contributed by atoms with Gasteiger partial charge in [0.2, 0.25) is 0 Å². The van der Waals surface area contributed by atoms with Crippen molar-refractivity contribution in [1.29, 1.82) is 0 Å². The first-order chi connectivity index (χ1) is 12.1. The first kappa shape index (κ1) is 16.5. The van der Waals surface area contributed by atoms with Crippen LogP contribution in [-0.4, -0.2) is 58.6 Å². The number of hydrogen-bond donors (Lipinski definition) is 1. The van der Waals surface area contributed by atoms with Crippen molar-refractivity contribution in [2.45, 2.75) is 44.8 Å². The van der Waals surface area contributed by atoms with Crippen molar-refractivity contribution in [1.82, 2.24) is 20.0 Å². The standard InChI is InChI=1S/C19H26N4O2/c1-13(2)10-22-16-7-15(8-17(22)12-25-11-16)21-19(24)23-18-6-4-3-5-14(18)9-20-23/h3-6,9,13,15-17H,7-8,10-12H2,1-2H3,(H,21,24). The maximum Gasteiger partial charge on any atom is 0.342 e. The highest BCUT2D eigenvalue weighted by atomic mass is 16.5. The molecule has 0 aliphatic carbocycles. The van der Waals surface area contributed by atoms with Gasteiger partial charge in [0, 0.05) is 30.1 Å². The third-order valence-corrected chi connectivity index (χ3v) is 5.24. The summed E-state index contributed by atoms with van der Waals surface area (Å²) in [5.41, 5.74) is 0.848. The van der Waals surface area contributed by atoms with Gasteiger partial charge in [-0.05, 0) is 24.8 Å². The molecule has 0 saturated carbocycles. The third kappa shape index (κ3) is 3.28. The van der Waals surface area contributed by atoms with Crippen LogP contribution in [0.2, 0.25) is 0 Å².